The number of likely N-dealkylation sites (N-methyl/N-ethyl adjacent to an activating group) is 1. The summed E-state index contributed by atoms with van der Waals surface area (Å²) in [5, 5.41) is 47.9. The SMILES string of the molecule is CCN(CCOC(=O)C(C#N)(CCC(=O)OCCOc1ccc(-c2ccc(C#N)cc2)cc1)CCC(=O)OCCOc1ccc(-c2ccc(C#N)cc2)cc1)c1ccc(N=Nc2ccc([N+](=O)[O-])cc2)cc1. The molecule has 0 aromatic heterocycles. The van der Waals surface area contributed by atoms with E-state index in [0.29, 0.717) is 40.5 Å². The van der Waals surface area contributed by atoms with Gasteiger partial charge in [0.25, 0.3) is 5.69 Å². The maximum atomic E-state index is 13.8. The molecule has 0 N–H and O–H groups in total. The topological polar surface area (TPSA) is 240 Å². The molecule has 0 saturated carbocycles. The third-order valence-corrected chi connectivity index (χ3v) is 11.3. The monoisotopic (exact) mass is 967 g/mol. The number of esters is 3. The molecule has 6 rings (SSSR count). The van der Waals surface area contributed by atoms with E-state index in [2.05, 4.69) is 22.4 Å². The fourth-order valence-corrected chi connectivity index (χ4v) is 7.20. The Kier molecular flexibility index (Phi) is 19.0. The van der Waals surface area contributed by atoms with Gasteiger partial charge in [-0.2, -0.15) is 26.0 Å². The van der Waals surface area contributed by atoms with Crippen molar-refractivity contribution in [3.8, 4) is 52.0 Å². The van der Waals surface area contributed by atoms with Crippen LogP contribution < -0.4 is 14.4 Å². The number of azo groups is 1. The van der Waals surface area contributed by atoms with Gasteiger partial charge in [-0.15, -0.1) is 0 Å². The van der Waals surface area contributed by atoms with Gasteiger partial charge in [-0.3, -0.25) is 24.5 Å². The van der Waals surface area contributed by atoms with Gasteiger partial charge in [-0.25, -0.2) is 0 Å². The molecule has 0 heterocycles. The molecule has 0 aliphatic heterocycles. The van der Waals surface area contributed by atoms with Gasteiger partial charge < -0.3 is 28.6 Å². The molecule has 0 spiro atoms. The molecular formula is C55H49N7O10. The number of nitrogens with zero attached hydrogens (tertiary/aromatic N) is 7. The first-order chi connectivity index (χ1) is 35.0. The maximum absolute atomic E-state index is 13.8. The molecule has 17 nitrogen and oxygen atoms in total. The van der Waals surface area contributed by atoms with Crippen LogP contribution in [0.1, 0.15) is 43.7 Å². The lowest BCUT2D eigenvalue weighted by atomic mass is 9.80. The highest BCUT2D eigenvalue weighted by atomic mass is 16.6. The molecule has 17 heteroatoms. The van der Waals surface area contributed by atoms with Crippen LogP contribution in [-0.2, 0) is 28.6 Å². The number of anilines is 1. The molecule has 0 unspecified atom stereocenters. The number of carbonyl (C=O) groups excluding carboxylic acids is 3. The molecule has 72 heavy (non-hydrogen) atoms. The molecule has 0 aliphatic carbocycles. The van der Waals surface area contributed by atoms with Crippen LogP contribution in [-0.4, -0.2) is 69.0 Å². The molecule has 0 amide bonds. The van der Waals surface area contributed by atoms with Gasteiger partial charge >= 0.3 is 17.9 Å². The third kappa shape index (κ3) is 15.3. The molecule has 364 valence electrons. The molecule has 0 bridgehead atoms. The van der Waals surface area contributed by atoms with Crippen LogP contribution in [0.5, 0.6) is 11.5 Å². The Labute approximate surface area is 416 Å². The second-order valence-corrected chi connectivity index (χ2v) is 16.0. The van der Waals surface area contributed by atoms with E-state index in [1.807, 2.05) is 78.6 Å². The minimum absolute atomic E-state index is 0.0375. The predicted octanol–water partition coefficient (Wildman–Crippen LogP) is 10.8. The largest absolute Gasteiger partial charge is 0.490 e. The number of carbonyl (C=O) groups is 3. The van der Waals surface area contributed by atoms with E-state index < -0.39 is 28.2 Å². The Balaban J connectivity index is 1.00. The van der Waals surface area contributed by atoms with E-state index in [-0.39, 0.29) is 70.9 Å². The molecule has 0 saturated heterocycles. The Morgan fingerprint density at radius 1 is 0.569 bits per heavy atom. The number of nitriles is 3. The minimum Gasteiger partial charge on any atom is -0.490 e. The van der Waals surface area contributed by atoms with Crippen LogP contribution in [0, 0.1) is 49.5 Å². The quantitative estimate of drug-likeness (QED) is 0.0129. The first-order valence-electron chi connectivity index (χ1n) is 22.9. The van der Waals surface area contributed by atoms with Crippen LogP contribution in [0.3, 0.4) is 0 Å². The van der Waals surface area contributed by atoms with Crippen molar-refractivity contribution in [3.63, 3.8) is 0 Å². The zero-order valence-electron chi connectivity index (χ0n) is 39.3. The van der Waals surface area contributed by atoms with Crippen molar-refractivity contribution in [2.24, 2.45) is 15.6 Å². The summed E-state index contributed by atoms with van der Waals surface area (Å²) >= 11 is 0. The highest BCUT2D eigenvalue weighted by Crippen LogP contribution is 2.32. The Hall–Kier alpha value is -9.40. The fraction of sp³-hybridized carbons (Fsp3) is 0.236. The van der Waals surface area contributed by atoms with Crippen molar-refractivity contribution >= 4 is 40.7 Å². The molecule has 6 aromatic rings. The van der Waals surface area contributed by atoms with Gasteiger partial charge in [-0.1, -0.05) is 48.5 Å². The van der Waals surface area contributed by atoms with Gasteiger partial charge in [0.15, 0.2) is 5.41 Å². The summed E-state index contributed by atoms with van der Waals surface area (Å²) in [5.41, 5.74) is 4.67. The molecule has 0 aliphatic rings. The second-order valence-electron chi connectivity index (χ2n) is 16.0. The van der Waals surface area contributed by atoms with Crippen LogP contribution >= 0.6 is 0 Å². The lowest BCUT2D eigenvalue weighted by Gasteiger charge is -2.26. The molecule has 0 atom stereocenters. The summed E-state index contributed by atoms with van der Waals surface area (Å²) in [5.74, 6) is -1.17. The predicted molar refractivity (Wildman–Crippen MR) is 265 cm³/mol. The van der Waals surface area contributed by atoms with Gasteiger partial charge in [-0.05, 0) is 127 Å². The average molecular weight is 968 g/mol. The number of benzene rings is 6. The summed E-state index contributed by atoms with van der Waals surface area (Å²) < 4.78 is 28.0. The number of ether oxygens (including phenoxy) is 5. The Bertz CT molecular complexity index is 2800. The first-order valence-corrected chi connectivity index (χ1v) is 22.9. The maximum Gasteiger partial charge on any atom is 0.326 e. The molecule has 6 aromatic carbocycles. The molecule has 0 radical (unpaired) electrons. The summed E-state index contributed by atoms with van der Waals surface area (Å²) in [6, 6.07) is 48.0. The third-order valence-electron chi connectivity index (χ3n) is 11.3. The Morgan fingerprint density at radius 3 is 1.38 bits per heavy atom. The highest BCUT2D eigenvalue weighted by Gasteiger charge is 2.41. The van der Waals surface area contributed by atoms with Crippen molar-refractivity contribution in [3.05, 3.63) is 167 Å². The summed E-state index contributed by atoms with van der Waals surface area (Å²) in [6.07, 6.45) is -1.24. The zero-order valence-corrected chi connectivity index (χ0v) is 39.3. The lowest BCUT2D eigenvalue weighted by molar-refractivity contribution is -0.384. The minimum atomic E-state index is -1.90. The van der Waals surface area contributed by atoms with E-state index in [9.17, 15) is 29.8 Å². The number of non-ortho nitro benzene ring substituents is 1. The fourth-order valence-electron chi connectivity index (χ4n) is 7.20. The van der Waals surface area contributed by atoms with Crippen LogP contribution in [0.25, 0.3) is 22.3 Å². The number of rotatable bonds is 25. The van der Waals surface area contributed by atoms with Crippen molar-refractivity contribution in [1.82, 2.24) is 0 Å². The highest BCUT2D eigenvalue weighted by molar-refractivity contribution is 5.82. The summed E-state index contributed by atoms with van der Waals surface area (Å²) in [6.45, 7) is 2.44. The lowest BCUT2D eigenvalue weighted by Crippen LogP contribution is -2.36. The van der Waals surface area contributed by atoms with E-state index in [4.69, 9.17) is 34.2 Å². The van der Waals surface area contributed by atoms with Crippen molar-refractivity contribution in [2.45, 2.75) is 32.6 Å². The molecule has 0 fully saturated rings. The van der Waals surface area contributed by atoms with Gasteiger partial charge in [0.1, 0.15) is 44.5 Å². The second kappa shape index (κ2) is 26.4. The van der Waals surface area contributed by atoms with Gasteiger partial charge in [0.05, 0.1) is 52.2 Å². The number of nitro benzene ring substituents is 1. The van der Waals surface area contributed by atoms with E-state index in [1.165, 1.54) is 24.3 Å². The van der Waals surface area contributed by atoms with E-state index in [0.717, 1.165) is 27.9 Å². The Morgan fingerprint density at radius 2 is 0.986 bits per heavy atom. The average Bonchev–Trinajstić information content (AvgIpc) is 3.42. The smallest absolute Gasteiger partial charge is 0.326 e. The van der Waals surface area contributed by atoms with E-state index in [1.54, 1.807) is 60.7 Å². The van der Waals surface area contributed by atoms with Gasteiger partial charge in [0, 0.05) is 37.2 Å². The molecular weight excluding hydrogens is 919 g/mol. The van der Waals surface area contributed by atoms with Gasteiger partial charge in [0.2, 0.25) is 0 Å². The number of hydrogen-bond acceptors (Lipinski definition) is 16. The number of nitro groups is 1. The van der Waals surface area contributed by atoms with Crippen LogP contribution in [0.2, 0.25) is 0 Å². The van der Waals surface area contributed by atoms with Crippen molar-refractivity contribution in [1.29, 1.82) is 15.8 Å². The van der Waals surface area contributed by atoms with Crippen LogP contribution in [0.15, 0.2) is 156 Å². The standard InChI is InChI=1S/C55H49N7O10/c1-2-61(48-19-15-46(16-20-48)59-60-47-17-21-49(22-18-47)62(66)67)31-32-72-54(65)55(39-58,29-27-52(63)70-35-33-68-50-23-11-44(12-24-50)42-7-3-40(37-56)4-8-42)30-28-53(64)71-36-34-69-51-25-13-45(14-26-51)43-9-5-41(38-57)6-10-43/h3-26H,2,27-36H2,1H3. The summed E-state index contributed by atoms with van der Waals surface area (Å²) in [7, 11) is 0. The van der Waals surface area contributed by atoms with Crippen LogP contribution in [0.4, 0.5) is 22.7 Å². The summed E-state index contributed by atoms with van der Waals surface area (Å²) in [4.78, 5) is 52.2. The van der Waals surface area contributed by atoms with Crippen molar-refractivity contribution in [2.75, 3.05) is 51.0 Å². The number of hydrogen-bond donors (Lipinski definition) is 0. The van der Waals surface area contributed by atoms with Crippen molar-refractivity contribution < 1.29 is 43.0 Å². The zero-order chi connectivity index (χ0) is 51.1. The first kappa shape index (κ1) is 52.0. The van der Waals surface area contributed by atoms with E-state index >= 15 is 0 Å². The normalized spacial score (nSPS) is 10.8.